The lowest BCUT2D eigenvalue weighted by Crippen LogP contribution is -2.40. The number of carbonyl (C=O) groups is 2. The molecule has 1 fully saturated rings. The van der Waals surface area contributed by atoms with E-state index in [1.54, 1.807) is 30.3 Å². The number of rotatable bonds is 12. The number of primary amides is 1. The molecule has 1 saturated carbocycles. The Kier molecular flexibility index (Phi) is 15.4. The molecule has 2 aromatic carbocycles. The summed E-state index contributed by atoms with van der Waals surface area (Å²) in [5.41, 5.74) is 13.9. The molecular formula is C35H42ClF6N9O3. The largest absolute Gasteiger partial charge is 0.447 e. The van der Waals surface area contributed by atoms with Crippen molar-refractivity contribution in [1.82, 2.24) is 29.4 Å². The van der Waals surface area contributed by atoms with E-state index in [0.717, 1.165) is 23.9 Å². The Labute approximate surface area is 313 Å². The van der Waals surface area contributed by atoms with E-state index in [9.17, 15) is 35.9 Å². The lowest BCUT2D eigenvalue weighted by atomic mass is 10.0. The van der Waals surface area contributed by atoms with Crippen molar-refractivity contribution in [2.75, 3.05) is 13.7 Å². The summed E-state index contributed by atoms with van der Waals surface area (Å²) in [4.78, 5) is 32.7. The van der Waals surface area contributed by atoms with Crippen LogP contribution in [0.1, 0.15) is 82.5 Å². The third kappa shape index (κ3) is 13.1. The minimum absolute atomic E-state index is 0.0740. The van der Waals surface area contributed by atoms with Crippen LogP contribution in [0.15, 0.2) is 66.2 Å². The van der Waals surface area contributed by atoms with Crippen LogP contribution < -0.4 is 11.5 Å². The molecule has 19 heteroatoms. The van der Waals surface area contributed by atoms with Crippen molar-refractivity contribution in [3.8, 4) is 16.8 Å². The molecule has 2 aromatic heterocycles. The van der Waals surface area contributed by atoms with Gasteiger partial charge in [0.25, 0.3) is 6.43 Å². The Morgan fingerprint density at radius 2 is 1.63 bits per heavy atom. The maximum absolute atomic E-state index is 13.5. The number of carbonyl (C=O) groups excluding carboxylic acids is 2. The van der Waals surface area contributed by atoms with E-state index in [1.165, 1.54) is 36.5 Å². The van der Waals surface area contributed by atoms with E-state index in [2.05, 4.69) is 47.9 Å². The number of alkyl halides is 6. The second kappa shape index (κ2) is 19.3. The highest BCUT2D eigenvalue weighted by Gasteiger charge is 2.30. The number of aldehydes is 1. The first-order chi connectivity index (χ1) is 25.3. The zero-order valence-electron chi connectivity index (χ0n) is 30.1. The van der Waals surface area contributed by atoms with Gasteiger partial charge in [-0.3, -0.25) is 0 Å². The molecule has 0 spiro atoms. The number of aromatic nitrogens is 5. The van der Waals surface area contributed by atoms with E-state index in [0.29, 0.717) is 38.6 Å². The standard InChI is InChI=1S/C26H24ClF4N9O3.C5H12.C4H6F2/c1-38(25(32)37-19(11-41)15-4-2-14(3-5-15)17-9-35-39(10-17)24(30)31)21(12-43-26(33)42)16-6-7-18(27)20(8-16)40-23(22(28)29)34-13-36-40;1-5(2,3)4;5-4(6)3-1-2-3/h2-11,13,19,21-22,24H,12H2,1H3,(H2,32,37)(H2,33,42);1-4H3;3-4H,1-2H2. The maximum Gasteiger partial charge on any atom is 0.404 e. The van der Waals surface area contributed by atoms with Gasteiger partial charge in [0.15, 0.2) is 11.8 Å². The number of guanidine groups is 1. The Balaban J connectivity index is 0.000000614. The summed E-state index contributed by atoms with van der Waals surface area (Å²) in [6, 6.07) is 8.89. The highest BCUT2D eigenvalue weighted by atomic mass is 35.5. The van der Waals surface area contributed by atoms with Gasteiger partial charge in [0.1, 0.15) is 25.3 Å². The number of hydrogen-bond donors (Lipinski definition) is 2. The number of amides is 1. The highest BCUT2D eigenvalue weighted by molar-refractivity contribution is 6.32. The number of likely N-dealkylation sites (N-methyl/N-ethyl adjacent to an activating group) is 1. The monoisotopic (exact) mass is 785 g/mol. The van der Waals surface area contributed by atoms with Crippen LogP contribution in [0.5, 0.6) is 0 Å². The van der Waals surface area contributed by atoms with Crippen molar-refractivity contribution in [2.45, 2.75) is 72.0 Å². The van der Waals surface area contributed by atoms with Crippen LogP contribution in [0.2, 0.25) is 5.02 Å². The predicted molar refractivity (Wildman–Crippen MR) is 191 cm³/mol. The summed E-state index contributed by atoms with van der Waals surface area (Å²) in [5, 5.41) is 7.53. The number of nitrogens with two attached hydrogens (primary N) is 2. The van der Waals surface area contributed by atoms with Gasteiger partial charge in [0.2, 0.25) is 6.43 Å². The van der Waals surface area contributed by atoms with Crippen molar-refractivity contribution in [2.24, 2.45) is 27.8 Å². The molecule has 1 amide bonds. The molecule has 0 saturated heterocycles. The van der Waals surface area contributed by atoms with Crippen molar-refractivity contribution in [1.29, 1.82) is 0 Å². The van der Waals surface area contributed by atoms with Crippen molar-refractivity contribution < 1.29 is 40.7 Å². The average Bonchev–Trinajstić information content (AvgIpc) is 3.63. The van der Waals surface area contributed by atoms with Crippen molar-refractivity contribution >= 4 is 29.9 Å². The smallest absolute Gasteiger partial charge is 0.404 e. The molecule has 5 rings (SSSR count). The second-order valence-corrected chi connectivity index (χ2v) is 14.1. The lowest BCUT2D eigenvalue weighted by Gasteiger charge is -2.30. The van der Waals surface area contributed by atoms with Crippen LogP contribution >= 0.6 is 11.6 Å². The normalized spacial score (nSPS) is 14.2. The average molecular weight is 786 g/mol. The number of hydrogen-bond acceptors (Lipinski definition) is 7. The van der Waals surface area contributed by atoms with E-state index >= 15 is 0 Å². The number of nitrogens with zero attached hydrogens (tertiary/aromatic N) is 7. The third-order valence-electron chi connectivity index (χ3n) is 7.33. The maximum atomic E-state index is 13.5. The van der Waals surface area contributed by atoms with E-state index in [4.69, 9.17) is 27.8 Å². The van der Waals surface area contributed by atoms with Crippen molar-refractivity contribution in [3.63, 3.8) is 0 Å². The summed E-state index contributed by atoms with van der Waals surface area (Å²) < 4.78 is 81.5. The molecule has 2 atom stereocenters. The van der Waals surface area contributed by atoms with Gasteiger partial charge in [-0.05, 0) is 47.1 Å². The zero-order valence-corrected chi connectivity index (χ0v) is 30.8. The van der Waals surface area contributed by atoms with Gasteiger partial charge in [-0.25, -0.2) is 41.7 Å². The Morgan fingerprint density at radius 1 is 1.02 bits per heavy atom. The minimum atomic E-state index is -2.94. The fourth-order valence-electron chi connectivity index (χ4n) is 4.47. The number of halogens is 7. The number of benzene rings is 2. The minimum Gasteiger partial charge on any atom is -0.447 e. The summed E-state index contributed by atoms with van der Waals surface area (Å²) in [7, 11) is 1.51. The SMILES string of the molecule is CC(C)(C)C.CN(C(N)=NC(C=O)c1ccc(-c2cnn(C(F)F)c2)cc1)C(COC(N)=O)c1ccc(Cl)c(-n2ncnc2C(F)F)c1.FC(F)C1CC1. The molecule has 54 heavy (non-hydrogen) atoms. The van der Waals surface area contributed by atoms with Gasteiger partial charge in [-0.2, -0.15) is 19.0 Å². The van der Waals surface area contributed by atoms with Crippen LogP contribution in [0.4, 0.5) is 31.1 Å². The van der Waals surface area contributed by atoms with Crippen LogP contribution in [0.25, 0.3) is 16.8 Å². The van der Waals surface area contributed by atoms with Gasteiger partial charge in [-0.1, -0.05) is 69.6 Å². The molecule has 0 radical (unpaired) electrons. The van der Waals surface area contributed by atoms with E-state index in [1.807, 2.05) is 0 Å². The molecule has 0 aliphatic heterocycles. The molecular weight excluding hydrogens is 744 g/mol. The molecule has 4 aromatic rings. The molecule has 294 valence electrons. The molecule has 12 nitrogen and oxygen atoms in total. The van der Waals surface area contributed by atoms with Crippen molar-refractivity contribution in [3.05, 3.63) is 83.2 Å². The summed E-state index contributed by atoms with van der Waals surface area (Å²) in [5.74, 6) is -1.02. The van der Waals surface area contributed by atoms with Gasteiger partial charge >= 0.3 is 12.6 Å². The topological polar surface area (TPSA) is 160 Å². The first kappa shape index (κ1) is 43.3. The summed E-state index contributed by atoms with van der Waals surface area (Å²) in [6.07, 6.45) is -0.573. The van der Waals surface area contributed by atoms with Gasteiger partial charge < -0.3 is 25.9 Å². The molecule has 0 bridgehead atoms. The molecule has 4 N–H and O–H groups in total. The summed E-state index contributed by atoms with van der Waals surface area (Å²) >= 11 is 6.28. The molecule has 1 aliphatic rings. The van der Waals surface area contributed by atoms with Crippen LogP contribution in [0.3, 0.4) is 0 Å². The molecule has 2 unspecified atom stereocenters. The quantitative estimate of drug-likeness (QED) is 0.0630. The van der Waals surface area contributed by atoms with E-state index < -0.39 is 43.4 Å². The Morgan fingerprint density at radius 3 is 2.11 bits per heavy atom. The van der Waals surface area contributed by atoms with Gasteiger partial charge in [0, 0.05) is 24.7 Å². The third-order valence-corrected chi connectivity index (χ3v) is 7.65. The highest BCUT2D eigenvalue weighted by Crippen LogP contribution is 2.35. The molecule has 1 aliphatic carbocycles. The first-order valence-electron chi connectivity index (χ1n) is 16.4. The Hall–Kier alpha value is -5.13. The molecule has 2 heterocycles. The first-order valence-corrected chi connectivity index (χ1v) is 16.8. The predicted octanol–water partition coefficient (Wildman–Crippen LogP) is 8.15. The van der Waals surface area contributed by atoms with Crippen LogP contribution in [-0.4, -0.2) is 67.9 Å². The number of aliphatic imine (C=N–C) groups is 1. The van der Waals surface area contributed by atoms with Crippen LogP contribution in [-0.2, 0) is 9.53 Å². The number of ether oxygens (including phenoxy) is 1. The Bertz CT molecular complexity index is 1840. The lowest BCUT2D eigenvalue weighted by molar-refractivity contribution is -0.108. The van der Waals surface area contributed by atoms with Gasteiger partial charge in [-0.15, -0.1) is 0 Å². The van der Waals surface area contributed by atoms with Crippen LogP contribution in [0, 0.1) is 11.3 Å². The van der Waals surface area contributed by atoms with Gasteiger partial charge in [0.05, 0.1) is 22.9 Å². The fraction of sp³-hybridized carbons (Fsp3) is 0.429. The summed E-state index contributed by atoms with van der Waals surface area (Å²) in [6.45, 7) is 5.63. The fourth-order valence-corrected chi connectivity index (χ4v) is 4.67. The second-order valence-electron chi connectivity index (χ2n) is 13.6. The zero-order chi connectivity index (χ0) is 40.3. The van der Waals surface area contributed by atoms with E-state index in [-0.39, 0.29) is 29.2 Å².